The molecule has 18 heavy (non-hydrogen) atoms. The maximum Gasteiger partial charge on any atom is 0.522 e. The van der Waals surface area contributed by atoms with Gasteiger partial charge in [0, 0.05) is 31.7 Å². The van der Waals surface area contributed by atoms with Crippen molar-refractivity contribution >= 4 is 0 Å². The van der Waals surface area contributed by atoms with Crippen molar-refractivity contribution in [2.24, 2.45) is 0 Å². The zero-order chi connectivity index (χ0) is 13.6. The Morgan fingerprint density at radius 1 is 1.44 bits per heavy atom. The molecule has 1 atom stereocenters. The second-order valence-corrected chi connectivity index (χ2v) is 4.62. The van der Waals surface area contributed by atoms with Crippen LogP contribution >= 0.6 is 0 Å². The molecule has 0 spiro atoms. The Morgan fingerprint density at radius 2 is 2.17 bits per heavy atom. The molecule has 0 saturated carbocycles. The number of alkyl halides is 3. The molecule has 0 radical (unpaired) electrons. The first-order valence-corrected chi connectivity index (χ1v) is 6.14. The molecule has 7 heteroatoms. The van der Waals surface area contributed by atoms with Crippen LogP contribution in [0.4, 0.5) is 13.2 Å². The van der Waals surface area contributed by atoms with Gasteiger partial charge in [0.2, 0.25) is 0 Å². The molecule has 108 valence electrons. The molecule has 0 bridgehead atoms. The predicted molar refractivity (Wildman–Crippen MR) is 61.3 cm³/mol. The van der Waals surface area contributed by atoms with E-state index < -0.39 is 6.36 Å². The molecule has 0 aromatic rings. The highest BCUT2D eigenvalue weighted by Gasteiger charge is 2.30. The van der Waals surface area contributed by atoms with Gasteiger partial charge in [0.25, 0.3) is 0 Å². The standard InChI is InChI=1S/C11H21F3N2O2/c1-9(2)15-7-10-8-17-5-3-16(10)4-6-18-11(12,13)14/h9-10,15H,3-8H2,1-2H3. The zero-order valence-electron chi connectivity index (χ0n) is 10.8. The molecule has 1 fully saturated rings. The van der Waals surface area contributed by atoms with Crippen molar-refractivity contribution in [1.29, 1.82) is 0 Å². The van der Waals surface area contributed by atoms with E-state index in [0.29, 0.717) is 32.3 Å². The molecular weight excluding hydrogens is 249 g/mol. The Morgan fingerprint density at radius 3 is 2.78 bits per heavy atom. The fourth-order valence-electron chi connectivity index (χ4n) is 1.82. The summed E-state index contributed by atoms with van der Waals surface area (Å²) in [4.78, 5) is 1.98. The molecule has 1 N–H and O–H groups in total. The van der Waals surface area contributed by atoms with Crippen LogP contribution in [0.3, 0.4) is 0 Å². The third kappa shape index (κ3) is 6.53. The van der Waals surface area contributed by atoms with E-state index in [1.54, 1.807) is 0 Å². The molecule has 1 unspecified atom stereocenters. The van der Waals surface area contributed by atoms with Crippen LogP contribution in [0.2, 0.25) is 0 Å². The van der Waals surface area contributed by atoms with E-state index in [0.717, 1.165) is 0 Å². The van der Waals surface area contributed by atoms with Gasteiger partial charge >= 0.3 is 6.36 Å². The van der Waals surface area contributed by atoms with Gasteiger partial charge < -0.3 is 10.1 Å². The van der Waals surface area contributed by atoms with Gasteiger partial charge in [-0.15, -0.1) is 13.2 Å². The highest BCUT2D eigenvalue weighted by Crippen LogP contribution is 2.16. The van der Waals surface area contributed by atoms with E-state index in [-0.39, 0.29) is 19.2 Å². The summed E-state index contributed by atoms with van der Waals surface area (Å²) in [6, 6.07) is 0.457. The lowest BCUT2D eigenvalue weighted by molar-refractivity contribution is -0.325. The third-order valence-electron chi connectivity index (χ3n) is 2.76. The highest BCUT2D eigenvalue weighted by molar-refractivity contribution is 4.78. The second-order valence-electron chi connectivity index (χ2n) is 4.62. The summed E-state index contributed by atoms with van der Waals surface area (Å²) in [7, 11) is 0. The SMILES string of the molecule is CC(C)NCC1COCCN1CCOC(F)(F)F. The van der Waals surface area contributed by atoms with Crippen molar-refractivity contribution in [1.82, 2.24) is 10.2 Å². The molecule has 0 aliphatic carbocycles. The summed E-state index contributed by atoms with van der Waals surface area (Å²) < 4.78 is 44.8. The average molecular weight is 270 g/mol. The molecule has 0 amide bonds. The zero-order valence-corrected chi connectivity index (χ0v) is 10.8. The van der Waals surface area contributed by atoms with Crippen LogP contribution in [-0.2, 0) is 9.47 Å². The van der Waals surface area contributed by atoms with Crippen LogP contribution in [0.15, 0.2) is 0 Å². The number of nitrogens with one attached hydrogen (secondary N) is 1. The van der Waals surface area contributed by atoms with Crippen LogP contribution in [0.1, 0.15) is 13.8 Å². The van der Waals surface area contributed by atoms with Crippen molar-refractivity contribution in [3.8, 4) is 0 Å². The maximum absolute atomic E-state index is 11.9. The average Bonchev–Trinajstić information content (AvgIpc) is 2.26. The first-order valence-electron chi connectivity index (χ1n) is 6.14. The van der Waals surface area contributed by atoms with E-state index >= 15 is 0 Å². The molecule has 0 aromatic carbocycles. The van der Waals surface area contributed by atoms with E-state index in [1.165, 1.54) is 0 Å². The summed E-state index contributed by atoms with van der Waals surface area (Å²) in [5, 5.41) is 3.27. The lowest BCUT2D eigenvalue weighted by Gasteiger charge is -2.36. The summed E-state index contributed by atoms with van der Waals surface area (Å²) >= 11 is 0. The number of nitrogens with zero attached hydrogens (tertiary/aromatic N) is 1. The third-order valence-corrected chi connectivity index (χ3v) is 2.76. The second kappa shape index (κ2) is 7.28. The van der Waals surface area contributed by atoms with E-state index in [9.17, 15) is 13.2 Å². The Hall–Kier alpha value is -0.370. The van der Waals surface area contributed by atoms with Gasteiger partial charge in [-0.2, -0.15) is 0 Å². The molecule has 1 saturated heterocycles. The molecule has 1 aliphatic rings. The molecule has 0 aromatic heterocycles. The lowest BCUT2D eigenvalue weighted by Crippen LogP contribution is -2.52. The fraction of sp³-hybridized carbons (Fsp3) is 1.00. The number of hydrogen-bond donors (Lipinski definition) is 1. The maximum atomic E-state index is 11.9. The molecule has 1 aliphatic heterocycles. The van der Waals surface area contributed by atoms with Crippen molar-refractivity contribution in [3.05, 3.63) is 0 Å². The fourth-order valence-corrected chi connectivity index (χ4v) is 1.82. The quantitative estimate of drug-likeness (QED) is 0.787. The molecule has 1 heterocycles. The molecule has 4 nitrogen and oxygen atoms in total. The van der Waals surface area contributed by atoms with Crippen molar-refractivity contribution < 1.29 is 22.6 Å². The van der Waals surface area contributed by atoms with Gasteiger partial charge in [0.05, 0.1) is 19.8 Å². The number of rotatable bonds is 6. The summed E-state index contributed by atoms with van der Waals surface area (Å²) in [6.07, 6.45) is -4.54. The lowest BCUT2D eigenvalue weighted by atomic mass is 10.2. The number of morpholine rings is 1. The topological polar surface area (TPSA) is 33.7 Å². The van der Waals surface area contributed by atoms with Gasteiger partial charge in [-0.1, -0.05) is 13.8 Å². The first-order chi connectivity index (χ1) is 8.38. The van der Waals surface area contributed by atoms with Crippen LogP contribution in [0.25, 0.3) is 0 Å². The van der Waals surface area contributed by atoms with Crippen molar-refractivity contribution in [2.75, 3.05) is 39.5 Å². The van der Waals surface area contributed by atoms with Gasteiger partial charge in [-0.3, -0.25) is 9.64 Å². The largest absolute Gasteiger partial charge is 0.522 e. The van der Waals surface area contributed by atoms with Gasteiger partial charge in [-0.25, -0.2) is 0 Å². The Kier molecular flexibility index (Phi) is 6.34. The summed E-state index contributed by atoms with van der Waals surface area (Å²) in [5.41, 5.74) is 0. The van der Waals surface area contributed by atoms with Gasteiger partial charge in [0.1, 0.15) is 0 Å². The number of ether oxygens (including phenoxy) is 2. The highest BCUT2D eigenvalue weighted by atomic mass is 19.4. The first kappa shape index (κ1) is 15.7. The van der Waals surface area contributed by atoms with Gasteiger partial charge in [0.15, 0.2) is 0 Å². The van der Waals surface area contributed by atoms with E-state index in [1.807, 2.05) is 18.7 Å². The van der Waals surface area contributed by atoms with E-state index in [4.69, 9.17) is 4.74 Å². The predicted octanol–water partition coefficient (Wildman–Crippen LogP) is 1.22. The van der Waals surface area contributed by atoms with E-state index in [2.05, 4.69) is 10.1 Å². The van der Waals surface area contributed by atoms with Crippen molar-refractivity contribution in [2.45, 2.75) is 32.3 Å². The molecular formula is C11H21F3N2O2. The summed E-state index contributed by atoms with van der Waals surface area (Å²) in [6.45, 7) is 6.46. The minimum atomic E-state index is -4.54. The number of halogens is 3. The summed E-state index contributed by atoms with van der Waals surface area (Å²) in [5.74, 6) is 0. The normalized spacial score (nSPS) is 22.7. The molecule has 1 rings (SSSR count). The van der Waals surface area contributed by atoms with Crippen LogP contribution in [-0.4, -0.2) is 62.8 Å². The van der Waals surface area contributed by atoms with Crippen LogP contribution in [0, 0.1) is 0 Å². The van der Waals surface area contributed by atoms with Crippen LogP contribution < -0.4 is 5.32 Å². The monoisotopic (exact) mass is 270 g/mol. The smallest absolute Gasteiger partial charge is 0.378 e. The Bertz CT molecular complexity index is 237. The minimum absolute atomic E-state index is 0.109. The van der Waals surface area contributed by atoms with Crippen LogP contribution in [0.5, 0.6) is 0 Å². The Balaban J connectivity index is 2.30. The van der Waals surface area contributed by atoms with Gasteiger partial charge in [-0.05, 0) is 0 Å². The van der Waals surface area contributed by atoms with Crippen molar-refractivity contribution in [3.63, 3.8) is 0 Å². The Labute approximate surface area is 105 Å². The minimum Gasteiger partial charge on any atom is -0.378 e. The number of hydrogen-bond acceptors (Lipinski definition) is 4.